The van der Waals surface area contributed by atoms with Gasteiger partial charge in [-0.1, -0.05) is 13.8 Å². The number of ether oxygens (including phenoxy) is 1. The molecule has 1 amide bonds. The van der Waals surface area contributed by atoms with Crippen LogP contribution in [0.15, 0.2) is 16.7 Å². The first-order chi connectivity index (χ1) is 8.52. The summed E-state index contributed by atoms with van der Waals surface area (Å²) in [7, 11) is 0. The molecular formula is C12H17NO5. The molecule has 0 aliphatic heterocycles. The average molecular weight is 255 g/mol. The Morgan fingerprint density at radius 2 is 2.22 bits per heavy atom. The van der Waals surface area contributed by atoms with E-state index < -0.39 is 5.97 Å². The quantitative estimate of drug-likeness (QED) is 0.715. The minimum atomic E-state index is -1.03. The highest BCUT2D eigenvalue weighted by molar-refractivity contribution is 5.95. The van der Waals surface area contributed by atoms with Crippen LogP contribution in [0.1, 0.15) is 35.9 Å². The van der Waals surface area contributed by atoms with Crippen LogP contribution in [-0.2, 0) is 9.53 Å². The van der Waals surface area contributed by atoms with Crippen LogP contribution in [0.3, 0.4) is 0 Å². The summed E-state index contributed by atoms with van der Waals surface area (Å²) in [5, 5.41) is 11.0. The Morgan fingerprint density at radius 3 is 2.83 bits per heavy atom. The number of carboxylic acids is 1. The van der Waals surface area contributed by atoms with Crippen molar-refractivity contribution in [3.63, 3.8) is 0 Å². The zero-order valence-corrected chi connectivity index (χ0v) is 10.4. The molecule has 6 heteroatoms. The van der Waals surface area contributed by atoms with Crippen molar-refractivity contribution in [1.29, 1.82) is 0 Å². The Hall–Kier alpha value is -1.82. The fourth-order valence-electron chi connectivity index (χ4n) is 1.45. The van der Waals surface area contributed by atoms with Gasteiger partial charge in [-0.3, -0.25) is 4.79 Å². The van der Waals surface area contributed by atoms with E-state index in [4.69, 9.17) is 14.3 Å². The molecule has 18 heavy (non-hydrogen) atoms. The van der Waals surface area contributed by atoms with Gasteiger partial charge in [-0.2, -0.15) is 0 Å². The van der Waals surface area contributed by atoms with E-state index in [1.165, 1.54) is 6.26 Å². The van der Waals surface area contributed by atoms with Gasteiger partial charge in [0.25, 0.3) is 5.91 Å². The van der Waals surface area contributed by atoms with E-state index in [0.29, 0.717) is 11.3 Å². The van der Waals surface area contributed by atoms with Gasteiger partial charge >= 0.3 is 5.97 Å². The predicted molar refractivity (Wildman–Crippen MR) is 63.6 cm³/mol. The number of aliphatic carboxylic acids is 1. The minimum Gasteiger partial charge on any atom is -0.480 e. The Balaban J connectivity index is 2.36. The largest absolute Gasteiger partial charge is 0.480 e. The lowest BCUT2D eigenvalue weighted by Crippen LogP contribution is -2.28. The Kier molecular flexibility index (Phi) is 5.38. The average Bonchev–Trinajstić information content (AvgIpc) is 2.76. The molecule has 0 aromatic carbocycles. The molecule has 0 saturated carbocycles. The van der Waals surface area contributed by atoms with Crippen molar-refractivity contribution in [1.82, 2.24) is 5.32 Å². The number of hydrogen-bond acceptors (Lipinski definition) is 4. The standard InChI is InChI=1S/C12H17NO5/c1-8(2)11-9(3-5-18-11)12(16)13-4-6-17-7-10(14)15/h3,5,8H,4,6-7H2,1-2H3,(H,13,16)(H,14,15). The van der Waals surface area contributed by atoms with Gasteiger partial charge in [0, 0.05) is 12.5 Å². The summed E-state index contributed by atoms with van der Waals surface area (Å²) in [4.78, 5) is 22.0. The first-order valence-electron chi connectivity index (χ1n) is 5.67. The molecule has 2 N–H and O–H groups in total. The molecule has 0 bridgehead atoms. The number of carbonyl (C=O) groups is 2. The number of hydrogen-bond donors (Lipinski definition) is 2. The third kappa shape index (κ3) is 4.21. The second kappa shape index (κ2) is 6.80. The molecule has 1 aromatic heterocycles. The Morgan fingerprint density at radius 1 is 1.50 bits per heavy atom. The number of carbonyl (C=O) groups excluding carboxylic acids is 1. The number of amides is 1. The SMILES string of the molecule is CC(C)c1occc1C(=O)NCCOCC(=O)O. The van der Waals surface area contributed by atoms with Gasteiger partial charge in [0.15, 0.2) is 0 Å². The van der Waals surface area contributed by atoms with Gasteiger partial charge in [-0.25, -0.2) is 4.79 Å². The van der Waals surface area contributed by atoms with Crippen LogP contribution in [0.25, 0.3) is 0 Å². The molecule has 6 nitrogen and oxygen atoms in total. The minimum absolute atomic E-state index is 0.129. The van der Waals surface area contributed by atoms with Crippen molar-refractivity contribution < 1.29 is 23.8 Å². The highest BCUT2D eigenvalue weighted by Gasteiger charge is 2.16. The summed E-state index contributed by atoms with van der Waals surface area (Å²) in [5.74, 6) is -0.507. The maximum Gasteiger partial charge on any atom is 0.329 e. The zero-order valence-electron chi connectivity index (χ0n) is 10.4. The maximum absolute atomic E-state index is 11.8. The first-order valence-corrected chi connectivity index (χ1v) is 5.67. The van der Waals surface area contributed by atoms with E-state index in [0.717, 1.165) is 0 Å². The maximum atomic E-state index is 11.8. The Bertz CT molecular complexity index is 410. The summed E-state index contributed by atoms with van der Waals surface area (Å²) in [6.45, 7) is 3.93. The summed E-state index contributed by atoms with van der Waals surface area (Å²) in [5.41, 5.74) is 0.503. The van der Waals surface area contributed by atoms with E-state index in [2.05, 4.69) is 5.32 Å². The van der Waals surface area contributed by atoms with Gasteiger partial charge in [-0.05, 0) is 6.07 Å². The van der Waals surface area contributed by atoms with Gasteiger partial charge in [0.2, 0.25) is 0 Å². The van der Waals surface area contributed by atoms with Crippen molar-refractivity contribution in [2.24, 2.45) is 0 Å². The van der Waals surface area contributed by atoms with E-state index in [1.807, 2.05) is 13.8 Å². The van der Waals surface area contributed by atoms with Crippen LogP contribution in [0.5, 0.6) is 0 Å². The topological polar surface area (TPSA) is 88.8 Å². The molecule has 0 fully saturated rings. The zero-order chi connectivity index (χ0) is 13.5. The van der Waals surface area contributed by atoms with Crippen LogP contribution in [0, 0.1) is 0 Å². The highest BCUT2D eigenvalue weighted by Crippen LogP contribution is 2.20. The molecule has 0 saturated heterocycles. The number of carboxylic acid groups (broad SMARTS) is 1. The van der Waals surface area contributed by atoms with Crippen LogP contribution in [0.4, 0.5) is 0 Å². The molecule has 1 heterocycles. The molecule has 0 aliphatic carbocycles. The number of furan rings is 1. The molecule has 0 spiro atoms. The van der Waals surface area contributed by atoms with E-state index in [1.54, 1.807) is 6.07 Å². The van der Waals surface area contributed by atoms with E-state index >= 15 is 0 Å². The smallest absolute Gasteiger partial charge is 0.329 e. The second-order valence-electron chi connectivity index (χ2n) is 4.06. The molecule has 1 aromatic rings. The summed E-state index contributed by atoms with van der Waals surface area (Å²) in [6, 6.07) is 1.61. The fraction of sp³-hybridized carbons (Fsp3) is 0.500. The number of rotatable bonds is 7. The van der Waals surface area contributed by atoms with Crippen molar-refractivity contribution in [2.75, 3.05) is 19.8 Å². The van der Waals surface area contributed by atoms with Crippen molar-refractivity contribution in [3.8, 4) is 0 Å². The van der Waals surface area contributed by atoms with Gasteiger partial charge < -0.3 is 19.6 Å². The number of nitrogens with one attached hydrogen (secondary N) is 1. The fourth-order valence-corrected chi connectivity index (χ4v) is 1.45. The predicted octanol–water partition coefficient (Wildman–Crippen LogP) is 1.23. The summed E-state index contributed by atoms with van der Waals surface area (Å²) in [6.07, 6.45) is 1.48. The third-order valence-electron chi connectivity index (χ3n) is 2.22. The van der Waals surface area contributed by atoms with Gasteiger partial charge in [0.1, 0.15) is 12.4 Å². The van der Waals surface area contributed by atoms with Gasteiger partial charge in [-0.15, -0.1) is 0 Å². The van der Waals surface area contributed by atoms with Crippen LogP contribution in [0.2, 0.25) is 0 Å². The van der Waals surface area contributed by atoms with Crippen LogP contribution in [-0.4, -0.2) is 36.7 Å². The summed E-state index contributed by atoms with van der Waals surface area (Å²) >= 11 is 0. The van der Waals surface area contributed by atoms with Crippen molar-refractivity contribution in [2.45, 2.75) is 19.8 Å². The molecule has 0 unspecified atom stereocenters. The third-order valence-corrected chi connectivity index (χ3v) is 2.22. The highest BCUT2D eigenvalue weighted by atomic mass is 16.5. The van der Waals surface area contributed by atoms with E-state index in [-0.39, 0.29) is 31.6 Å². The molecule has 0 atom stereocenters. The lowest BCUT2D eigenvalue weighted by Gasteiger charge is -2.07. The molecule has 0 radical (unpaired) electrons. The first kappa shape index (κ1) is 14.2. The second-order valence-corrected chi connectivity index (χ2v) is 4.06. The van der Waals surface area contributed by atoms with Crippen molar-refractivity contribution in [3.05, 3.63) is 23.7 Å². The van der Waals surface area contributed by atoms with Crippen molar-refractivity contribution >= 4 is 11.9 Å². The van der Waals surface area contributed by atoms with Crippen LogP contribution < -0.4 is 5.32 Å². The molecule has 0 aliphatic rings. The normalized spacial score (nSPS) is 10.6. The Labute approximate surface area is 105 Å². The molecule has 1 rings (SSSR count). The van der Waals surface area contributed by atoms with Gasteiger partial charge in [0.05, 0.1) is 18.4 Å². The lowest BCUT2D eigenvalue weighted by atomic mass is 10.1. The lowest BCUT2D eigenvalue weighted by molar-refractivity contribution is -0.142. The molecule has 100 valence electrons. The molecular weight excluding hydrogens is 238 g/mol. The van der Waals surface area contributed by atoms with Crippen LogP contribution >= 0.6 is 0 Å². The summed E-state index contributed by atoms with van der Waals surface area (Å²) < 4.78 is 10.0. The monoisotopic (exact) mass is 255 g/mol. The van der Waals surface area contributed by atoms with E-state index in [9.17, 15) is 9.59 Å².